The maximum atomic E-state index is 12.8. The van der Waals surface area contributed by atoms with Crippen molar-refractivity contribution < 1.29 is 22.6 Å². The summed E-state index contributed by atoms with van der Waals surface area (Å²) in [6, 6.07) is 18.7. The van der Waals surface area contributed by atoms with Gasteiger partial charge in [0.15, 0.2) is 0 Å². The summed E-state index contributed by atoms with van der Waals surface area (Å²) < 4.78 is 50.4. The van der Waals surface area contributed by atoms with Gasteiger partial charge in [-0.25, -0.2) is 0 Å². The Kier molecular flexibility index (Phi) is 7.97. The summed E-state index contributed by atoms with van der Waals surface area (Å²) >= 11 is 0. The van der Waals surface area contributed by atoms with E-state index in [-0.39, 0.29) is 5.56 Å². The van der Waals surface area contributed by atoms with Crippen molar-refractivity contribution in [2.24, 2.45) is 0 Å². The van der Waals surface area contributed by atoms with Crippen molar-refractivity contribution in [3.05, 3.63) is 99.6 Å². The standard InChI is InChI=1S/C34H34F3N5O3/c35-34(36,37)31-7-4-22(20-38-31)21-41-10-8-25(9-11-41)39-26-5-6-30-24(17-26)16-23-2-1-3-28(33(23)45-30)29-18-27(19-32(43)40-29)42-12-14-44-15-13-42/h1-7,17-20,25,39H,8-16,21H2,(H,40,43). The van der Waals surface area contributed by atoms with Crippen molar-refractivity contribution in [3.8, 4) is 22.8 Å². The molecule has 2 N–H and O–H groups in total. The Bertz CT molecular complexity index is 1730. The molecule has 0 bridgehead atoms. The fraction of sp³-hybridized carbons (Fsp3) is 0.353. The molecule has 5 heterocycles. The van der Waals surface area contributed by atoms with E-state index < -0.39 is 11.9 Å². The van der Waals surface area contributed by atoms with Gasteiger partial charge >= 0.3 is 6.18 Å². The number of nitrogens with zero attached hydrogens (tertiary/aromatic N) is 3. The summed E-state index contributed by atoms with van der Waals surface area (Å²) in [5.41, 5.74) is 5.40. The maximum absolute atomic E-state index is 12.8. The molecule has 2 aromatic carbocycles. The highest BCUT2D eigenvalue weighted by Gasteiger charge is 2.32. The average Bonchev–Trinajstić information content (AvgIpc) is 3.04. The van der Waals surface area contributed by atoms with Gasteiger partial charge in [0.25, 0.3) is 0 Å². The molecule has 0 saturated carbocycles. The van der Waals surface area contributed by atoms with Crippen molar-refractivity contribution in [2.75, 3.05) is 49.6 Å². The number of alkyl halides is 3. The lowest BCUT2D eigenvalue weighted by atomic mass is 9.95. The first-order chi connectivity index (χ1) is 21.8. The van der Waals surface area contributed by atoms with E-state index in [9.17, 15) is 18.0 Å². The minimum atomic E-state index is -4.42. The number of ether oxygens (including phenoxy) is 2. The number of hydrogen-bond acceptors (Lipinski definition) is 7. The van der Waals surface area contributed by atoms with Gasteiger partial charge in [-0.3, -0.25) is 14.7 Å². The lowest BCUT2D eigenvalue weighted by Crippen LogP contribution is -2.38. The number of morpholine rings is 1. The number of aromatic nitrogens is 2. The first kappa shape index (κ1) is 29.4. The smallest absolute Gasteiger partial charge is 0.433 e. The van der Waals surface area contributed by atoms with Crippen LogP contribution in [0.3, 0.4) is 0 Å². The van der Waals surface area contributed by atoms with Gasteiger partial charge in [-0.2, -0.15) is 13.2 Å². The van der Waals surface area contributed by atoms with Crippen LogP contribution < -0.4 is 20.5 Å². The summed E-state index contributed by atoms with van der Waals surface area (Å²) in [6.45, 7) is 5.05. The van der Waals surface area contributed by atoms with Crippen molar-refractivity contribution in [1.29, 1.82) is 0 Å². The van der Waals surface area contributed by atoms with E-state index in [1.807, 2.05) is 30.3 Å². The van der Waals surface area contributed by atoms with Crippen LogP contribution in [0, 0.1) is 0 Å². The van der Waals surface area contributed by atoms with E-state index >= 15 is 0 Å². The normalized spacial score (nSPS) is 17.4. The van der Waals surface area contributed by atoms with Crippen LogP contribution in [0.4, 0.5) is 24.5 Å². The predicted molar refractivity (Wildman–Crippen MR) is 166 cm³/mol. The third kappa shape index (κ3) is 6.55. The number of aromatic amines is 1. The minimum Gasteiger partial charge on any atom is -0.456 e. The number of rotatable bonds is 6. The Hall–Kier alpha value is -4.35. The number of nitrogens with one attached hydrogen (secondary N) is 2. The Morgan fingerprint density at radius 2 is 1.78 bits per heavy atom. The van der Waals surface area contributed by atoms with Gasteiger partial charge in [0.2, 0.25) is 5.56 Å². The van der Waals surface area contributed by atoms with Crippen molar-refractivity contribution in [2.45, 2.75) is 38.0 Å². The number of pyridine rings is 2. The molecular weight excluding hydrogens is 583 g/mol. The number of hydrogen-bond donors (Lipinski definition) is 2. The Labute approximate surface area is 258 Å². The molecule has 0 radical (unpaired) electrons. The number of likely N-dealkylation sites (tertiary alicyclic amines) is 1. The monoisotopic (exact) mass is 617 g/mol. The van der Waals surface area contributed by atoms with E-state index in [0.29, 0.717) is 32.2 Å². The lowest BCUT2D eigenvalue weighted by Gasteiger charge is -2.33. The molecule has 8 nitrogen and oxygen atoms in total. The SMILES string of the molecule is O=c1cc(N2CCOCC2)cc(-c2cccc3c2Oc2ccc(NC4CCN(Cc5ccc(C(F)(F)F)nc5)CC4)cc2C3)[nH]1. The summed E-state index contributed by atoms with van der Waals surface area (Å²) in [7, 11) is 0. The van der Waals surface area contributed by atoms with Gasteiger partial charge in [0.1, 0.15) is 17.2 Å². The number of para-hydroxylation sites is 1. The molecule has 0 spiro atoms. The van der Waals surface area contributed by atoms with Crippen LogP contribution in [-0.2, 0) is 23.9 Å². The van der Waals surface area contributed by atoms with Gasteiger partial charge in [0, 0.05) is 80.0 Å². The largest absolute Gasteiger partial charge is 0.456 e. The van der Waals surface area contributed by atoms with E-state index in [1.165, 1.54) is 12.3 Å². The van der Waals surface area contributed by atoms with Gasteiger partial charge in [-0.05, 0) is 60.4 Å². The van der Waals surface area contributed by atoms with E-state index in [2.05, 4.69) is 37.2 Å². The number of halogens is 3. The highest BCUT2D eigenvalue weighted by Crippen LogP contribution is 2.43. The third-order valence-corrected chi connectivity index (χ3v) is 8.73. The fourth-order valence-corrected chi connectivity index (χ4v) is 6.37. The Morgan fingerprint density at radius 1 is 0.956 bits per heavy atom. The third-order valence-electron chi connectivity index (χ3n) is 8.73. The quantitative estimate of drug-likeness (QED) is 0.240. The fourth-order valence-electron chi connectivity index (χ4n) is 6.37. The zero-order valence-electron chi connectivity index (χ0n) is 24.7. The van der Waals surface area contributed by atoms with Gasteiger partial charge in [-0.1, -0.05) is 18.2 Å². The van der Waals surface area contributed by atoms with E-state index in [1.54, 1.807) is 6.07 Å². The van der Waals surface area contributed by atoms with Crippen molar-refractivity contribution in [3.63, 3.8) is 0 Å². The molecule has 0 aliphatic carbocycles. The van der Waals surface area contributed by atoms with Crippen LogP contribution in [0.15, 0.2) is 71.7 Å². The van der Waals surface area contributed by atoms with Gasteiger partial charge in [-0.15, -0.1) is 0 Å². The molecule has 2 aromatic heterocycles. The molecule has 0 atom stereocenters. The zero-order chi connectivity index (χ0) is 31.0. The zero-order valence-corrected chi connectivity index (χ0v) is 24.7. The number of piperidine rings is 1. The second-order valence-corrected chi connectivity index (χ2v) is 11.9. The molecule has 3 aliphatic heterocycles. The molecule has 2 fully saturated rings. The molecular formula is C34H34F3N5O3. The van der Waals surface area contributed by atoms with Crippen LogP contribution in [-0.4, -0.2) is 60.3 Å². The Morgan fingerprint density at radius 3 is 2.53 bits per heavy atom. The number of H-pyrrole nitrogens is 1. The number of anilines is 2. The van der Waals surface area contributed by atoms with Crippen LogP contribution in [0.2, 0.25) is 0 Å². The second-order valence-electron chi connectivity index (χ2n) is 11.9. The number of benzene rings is 2. The van der Waals surface area contributed by atoms with Crippen LogP contribution >= 0.6 is 0 Å². The highest BCUT2D eigenvalue weighted by molar-refractivity contribution is 5.74. The van der Waals surface area contributed by atoms with Crippen LogP contribution in [0.1, 0.15) is 35.2 Å². The van der Waals surface area contributed by atoms with E-state index in [0.717, 1.165) is 95.9 Å². The average molecular weight is 618 g/mol. The summed E-state index contributed by atoms with van der Waals surface area (Å²) in [5, 5.41) is 3.67. The molecule has 234 valence electrons. The molecule has 4 aromatic rings. The summed E-state index contributed by atoms with van der Waals surface area (Å²) in [5.74, 6) is 1.56. The molecule has 0 amide bonds. The molecule has 3 aliphatic rings. The van der Waals surface area contributed by atoms with Crippen LogP contribution in [0.25, 0.3) is 11.3 Å². The first-order valence-corrected chi connectivity index (χ1v) is 15.3. The minimum absolute atomic E-state index is 0.152. The van der Waals surface area contributed by atoms with Gasteiger partial charge < -0.3 is 24.7 Å². The summed E-state index contributed by atoms with van der Waals surface area (Å²) in [4.78, 5) is 23.6. The van der Waals surface area contributed by atoms with Crippen molar-refractivity contribution in [1.82, 2.24) is 14.9 Å². The number of fused-ring (bicyclic) bond motifs is 2. The summed E-state index contributed by atoms with van der Waals surface area (Å²) in [6.07, 6.45) is -0.535. The predicted octanol–water partition coefficient (Wildman–Crippen LogP) is 6.07. The first-order valence-electron chi connectivity index (χ1n) is 15.3. The van der Waals surface area contributed by atoms with Crippen LogP contribution in [0.5, 0.6) is 11.5 Å². The molecule has 7 rings (SSSR count). The topological polar surface area (TPSA) is 82.7 Å². The Balaban J connectivity index is 0.998. The molecule has 2 saturated heterocycles. The van der Waals surface area contributed by atoms with Crippen molar-refractivity contribution >= 4 is 11.4 Å². The molecule has 0 unspecified atom stereocenters. The lowest BCUT2D eigenvalue weighted by molar-refractivity contribution is -0.141. The second kappa shape index (κ2) is 12.2. The molecule has 45 heavy (non-hydrogen) atoms. The highest BCUT2D eigenvalue weighted by atomic mass is 19.4. The maximum Gasteiger partial charge on any atom is 0.433 e. The van der Waals surface area contributed by atoms with E-state index in [4.69, 9.17) is 9.47 Å². The van der Waals surface area contributed by atoms with Gasteiger partial charge in [0.05, 0.1) is 18.9 Å². The molecule has 11 heteroatoms.